The van der Waals surface area contributed by atoms with Crippen molar-refractivity contribution in [3.05, 3.63) is 0 Å². The number of halogens is 1. The summed E-state index contributed by atoms with van der Waals surface area (Å²) in [5, 5.41) is 10.3. The van der Waals surface area contributed by atoms with Crippen molar-refractivity contribution in [2.45, 2.75) is 51.6 Å². The van der Waals surface area contributed by atoms with Crippen LogP contribution in [0.1, 0.15) is 46.0 Å². The van der Waals surface area contributed by atoms with Crippen LogP contribution in [-0.2, 0) is 10.0 Å². The Kier molecular flexibility index (Phi) is 5.47. The maximum atomic E-state index is 11.6. The molecular formula is C12H24ClNO3S. The number of hydrogen-bond donors (Lipinski definition) is 2. The number of nitrogens with one attached hydrogen (secondary N) is 1. The van der Waals surface area contributed by atoms with Gasteiger partial charge < -0.3 is 5.11 Å². The fourth-order valence-corrected chi connectivity index (χ4v) is 3.58. The summed E-state index contributed by atoms with van der Waals surface area (Å²) in [7, 11) is -3.30. The third-order valence-corrected chi connectivity index (χ3v) is 5.38. The second-order valence-electron chi connectivity index (χ2n) is 6.07. The van der Waals surface area contributed by atoms with E-state index in [2.05, 4.69) is 18.6 Å². The van der Waals surface area contributed by atoms with Crippen LogP contribution in [0, 0.1) is 5.41 Å². The van der Waals surface area contributed by atoms with Crippen LogP contribution in [0.2, 0.25) is 0 Å². The van der Waals surface area contributed by atoms with E-state index in [1.165, 1.54) is 0 Å². The van der Waals surface area contributed by atoms with E-state index in [9.17, 15) is 13.5 Å². The Morgan fingerprint density at radius 3 is 2.28 bits per heavy atom. The topological polar surface area (TPSA) is 66.4 Å². The molecule has 6 heteroatoms. The lowest BCUT2D eigenvalue weighted by atomic mass is 9.71. The molecule has 0 amide bonds. The van der Waals surface area contributed by atoms with Gasteiger partial charge in [0.15, 0.2) is 0 Å². The molecule has 2 N–H and O–H groups in total. The van der Waals surface area contributed by atoms with Gasteiger partial charge in [0, 0.05) is 12.4 Å². The molecule has 1 aliphatic rings. The van der Waals surface area contributed by atoms with E-state index in [4.69, 9.17) is 11.6 Å². The first-order valence-electron chi connectivity index (χ1n) is 6.44. The highest BCUT2D eigenvalue weighted by Gasteiger charge is 2.37. The summed E-state index contributed by atoms with van der Waals surface area (Å²) in [5.41, 5.74) is -0.632. The van der Waals surface area contributed by atoms with Crippen molar-refractivity contribution in [3.8, 4) is 0 Å². The van der Waals surface area contributed by atoms with Gasteiger partial charge in [-0.3, -0.25) is 0 Å². The minimum absolute atomic E-state index is 0.0259. The predicted molar refractivity (Wildman–Crippen MR) is 74.3 cm³/mol. The van der Waals surface area contributed by atoms with Gasteiger partial charge in [0.25, 0.3) is 0 Å². The molecule has 0 unspecified atom stereocenters. The van der Waals surface area contributed by atoms with E-state index in [0.717, 1.165) is 12.8 Å². The minimum Gasteiger partial charge on any atom is -0.389 e. The van der Waals surface area contributed by atoms with Crippen LogP contribution in [0.5, 0.6) is 0 Å². The summed E-state index contributed by atoms with van der Waals surface area (Å²) in [6, 6.07) is 0. The maximum Gasteiger partial charge on any atom is 0.211 e. The summed E-state index contributed by atoms with van der Waals surface area (Å²) < 4.78 is 25.7. The highest BCUT2D eigenvalue weighted by atomic mass is 35.5. The van der Waals surface area contributed by atoms with E-state index in [-0.39, 0.29) is 17.7 Å². The molecule has 1 aliphatic carbocycles. The lowest BCUT2D eigenvalue weighted by Crippen LogP contribution is -2.47. The largest absolute Gasteiger partial charge is 0.389 e. The minimum atomic E-state index is -3.30. The maximum absolute atomic E-state index is 11.6. The van der Waals surface area contributed by atoms with Crippen LogP contribution in [0.15, 0.2) is 0 Å². The zero-order valence-corrected chi connectivity index (χ0v) is 12.8. The Morgan fingerprint density at radius 1 is 1.22 bits per heavy atom. The van der Waals surface area contributed by atoms with E-state index in [0.29, 0.717) is 25.1 Å². The van der Waals surface area contributed by atoms with E-state index < -0.39 is 15.6 Å². The SMILES string of the molecule is CC1(C)CCC(O)(CNS(=O)(=O)CCCCl)CC1. The molecule has 1 rings (SSSR count). The highest BCUT2D eigenvalue weighted by Crippen LogP contribution is 2.39. The van der Waals surface area contributed by atoms with Gasteiger partial charge >= 0.3 is 0 Å². The Labute approximate surface area is 115 Å². The molecule has 0 saturated heterocycles. The molecule has 1 fully saturated rings. The summed E-state index contributed by atoms with van der Waals surface area (Å²) in [6.45, 7) is 4.47. The molecule has 0 aromatic heterocycles. The van der Waals surface area contributed by atoms with Crippen molar-refractivity contribution in [1.82, 2.24) is 4.72 Å². The van der Waals surface area contributed by atoms with Crippen LogP contribution in [0.25, 0.3) is 0 Å². The van der Waals surface area contributed by atoms with Crippen LogP contribution >= 0.6 is 11.6 Å². The third kappa shape index (κ3) is 5.43. The van der Waals surface area contributed by atoms with Crippen molar-refractivity contribution in [2.75, 3.05) is 18.2 Å². The lowest BCUT2D eigenvalue weighted by molar-refractivity contribution is -0.0205. The van der Waals surface area contributed by atoms with Gasteiger partial charge in [-0.2, -0.15) is 0 Å². The normalized spacial score (nSPS) is 22.9. The first kappa shape index (κ1) is 16.2. The fraction of sp³-hybridized carbons (Fsp3) is 1.00. The van der Waals surface area contributed by atoms with Gasteiger partial charge in [-0.1, -0.05) is 13.8 Å². The number of alkyl halides is 1. The monoisotopic (exact) mass is 297 g/mol. The molecular weight excluding hydrogens is 274 g/mol. The smallest absolute Gasteiger partial charge is 0.211 e. The second-order valence-corrected chi connectivity index (χ2v) is 8.38. The average molecular weight is 298 g/mol. The molecule has 1 saturated carbocycles. The molecule has 0 atom stereocenters. The predicted octanol–water partition coefficient (Wildman–Crippen LogP) is 1.87. The number of aliphatic hydroxyl groups is 1. The Bertz CT molecular complexity index is 358. The Balaban J connectivity index is 2.43. The summed E-state index contributed by atoms with van der Waals surface area (Å²) in [4.78, 5) is 0. The Morgan fingerprint density at radius 2 is 1.78 bits per heavy atom. The molecule has 0 radical (unpaired) electrons. The lowest BCUT2D eigenvalue weighted by Gasteiger charge is -2.40. The Hall–Kier alpha value is 0.160. The van der Waals surface area contributed by atoms with Crippen LogP contribution in [0.4, 0.5) is 0 Å². The molecule has 0 aromatic rings. The molecule has 0 aromatic carbocycles. The summed E-state index contributed by atoms with van der Waals surface area (Å²) >= 11 is 5.47. The zero-order chi connectivity index (χ0) is 13.9. The molecule has 108 valence electrons. The average Bonchev–Trinajstić information content (AvgIpc) is 2.29. The highest BCUT2D eigenvalue weighted by molar-refractivity contribution is 7.89. The number of hydrogen-bond acceptors (Lipinski definition) is 3. The first-order valence-corrected chi connectivity index (χ1v) is 8.63. The van der Waals surface area contributed by atoms with Crippen molar-refractivity contribution in [1.29, 1.82) is 0 Å². The number of sulfonamides is 1. The van der Waals surface area contributed by atoms with Gasteiger partial charge in [0.2, 0.25) is 10.0 Å². The van der Waals surface area contributed by atoms with Crippen LogP contribution in [0.3, 0.4) is 0 Å². The zero-order valence-electron chi connectivity index (χ0n) is 11.2. The standard InChI is InChI=1S/C12H24ClNO3S/c1-11(2)4-6-12(15,7-5-11)10-14-18(16,17)9-3-8-13/h14-15H,3-10H2,1-2H3. The fourth-order valence-electron chi connectivity index (χ4n) is 2.13. The van der Waals surface area contributed by atoms with Gasteiger partial charge in [0.05, 0.1) is 11.4 Å². The van der Waals surface area contributed by atoms with E-state index >= 15 is 0 Å². The summed E-state index contributed by atoms with van der Waals surface area (Å²) in [5.74, 6) is 0.359. The van der Waals surface area contributed by atoms with Crippen LogP contribution < -0.4 is 4.72 Å². The second kappa shape index (κ2) is 6.07. The van der Waals surface area contributed by atoms with Crippen LogP contribution in [-0.4, -0.2) is 37.3 Å². The van der Waals surface area contributed by atoms with Crippen molar-refractivity contribution >= 4 is 21.6 Å². The molecule has 4 nitrogen and oxygen atoms in total. The summed E-state index contributed by atoms with van der Waals surface area (Å²) in [6.07, 6.45) is 3.58. The number of rotatable bonds is 6. The van der Waals surface area contributed by atoms with Gasteiger partial charge in [-0.05, 0) is 37.5 Å². The van der Waals surface area contributed by atoms with Gasteiger partial charge in [-0.15, -0.1) is 11.6 Å². The van der Waals surface area contributed by atoms with Crippen molar-refractivity contribution in [2.24, 2.45) is 5.41 Å². The molecule has 0 aliphatic heterocycles. The van der Waals surface area contributed by atoms with Gasteiger partial charge in [0.1, 0.15) is 0 Å². The van der Waals surface area contributed by atoms with Crippen molar-refractivity contribution in [3.63, 3.8) is 0 Å². The first-order chi connectivity index (χ1) is 8.18. The third-order valence-electron chi connectivity index (χ3n) is 3.70. The molecule has 0 bridgehead atoms. The van der Waals surface area contributed by atoms with E-state index in [1.807, 2.05) is 0 Å². The quantitative estimate of drug-likeness (QED) is 0.736. The molecule has 0 heterocycles. The molecule has 18 heavy (non-hydrogen) atoms. The van der Waals surface area contributed by atoms with Gasteiger partial charge in [-0.25, -0.2) is 13.1 Å². The van der Waals surface area contributed by atoms with Crippen molar-refractivity contribution < 1.29 is 13.5 Å². The molecule has 0 spiro atoms. The van der Waals surface area contributed by atoms with E-state index in [1.54, 1.807) is 0 Å².